The lowest BCUT2D eigenvalue weighted by Gasteiger charge is -2.43. The minimum atomic E-state index is -1.96. The Morgan fingerprint density at radius 3 is 2.27 bits per heavy atom. The molecule has 0 atom stereocenters. The first-order valence-corrected chi connectivity index (χ1v) is 3.16. The minimum absolute atomic E-state index is 0.337. The summed E-state index contributed by atoms with van der Waals surface area (Å²) < 4.78 is 8.63. The van der Waals surface area contributed by atoms with Crippen LogP contribution < -0.4 is 0 Å². The first-order chi connectivity index (χ1) is 4.91. The van der Waals surface area contributed by atoms with Gasteiger partial charge in [0.25, 0.3) is 0 Å². The Morgan fingerprint density at radius 1 is 1.55 bits per heavy atom. The van der Waals surface area contributed by atoms with Crippen LogP contribution in [0.4, 0.5) is 4.79 Å². The molecule has 1 fully saturated rings. The molecular formula is C6H10O5. The highest BCUT2D eigenvalue weighted by Crippen LogP contribution is 2.38. The molecule has 0 aromatic heterocycles. The number of rotatable bonds is 2. The van der Waals surface area contributed by atoms with Crippen molar-refractivity contribution in [2.75, 3.05) is 6.61 Å². The van der Waals surface area contributed by atoms with E-state index >= 15 is 0 Å². The van der Waals surface area contributed by atoms with Gasteiger partial charge in [-0.3, -0.25) is 0 Å². The van der Waals surface area contributed by atoms with E-state index in [2.05, 4.69) is 9.47 Å². The van der Waals surface area contributed by atoms with Crippen LogP contribution in [0.1, 0.15) is 13.8 Å². The van der Waals surface area contributed by atoms with Crippen molar-refractivity contribution in [3.8, 4) is 0 Å². The molecule has 1 saturated heterocycles. The number of aliphatic hydroxyl groups is 2. The average Bonchev–Trinajstić information content (AvgIpc) is 1.85. The van der Waals surface area contributed by atoms with Crippen molar-refractivity contribution in [3.63, 3.8) is 0 Å². The van der Waals surface area contributed by atoms with Crippen LogP contribution >= 0.6 is 0 Å². The number of carbonyl (C=O) groups excluding carboxylic acids is 1. The summed E-state index contributed by atoms with van der Waals surface area (Å²) in [6.45, 7) is 2.69. The van der Waals surface area contributed by atoms with E-state index in [9.17, 15) is 9.90 Å². The molecule has 1 aliphatic rings. The second kappa shape index (κ2) is 2.09. The van der Waals surface area contributed by atoms with Gasteiger partial charge in [-0.2, -0.15) is 0 Å². The summed E-state index contributed by atoms with van der Waals surface area (Å²) >= 11 is 0. The SMILES string of the molecule is CC(C)(CO)C1(O)OC(=O)O1. The van der Waals surface area contributed by atoms with Crippen molar-refractivity contribution < 1.29 is 24.5 Å². The van der Waals surface area contributed by atoms with Crippen LogP contribution in [0.3, 0.4) is 0 Å². The quantitative estimate of drug-likeness (QED) is 0.551. The molecular weight excluding hydrogens is 152 g/mol. The molecule has 0 spiro atoms. The summed E-state index contributed by atoms with van der Waals surface area (Å²) in [5.74, 6) is -1.96. The van der Waals surface area contributed by atoms with Crippen LogP contribution in [0.5, 0.6) is 0 Å². The van der Waals surface area contributed by atoms with Crippen molar-refractivity contribution in [2.45, 2.75) is 19.8 Å². The van der Waals surface area contributed by atoms with Crippen molar-refractivity contribution in [1.82, 2.24) is 0 Å². The number of cyclic esters (lactones) is 2. The van der Waals surface area contributed by atoms with Gasteiger partial charge in [-0.25, -0.2) is 4.79 Å². The predicted molar refractivity (Wildman–Crippen MR) is 33.4 cm³/mol. The number of aliphatic hydroxyl groups excluding tert-OH is 1. The van der Waals surface area contributed by atoms with Gasteiger partial charge in [0.15, 0.2) is 0 Å². The van der Waals surface area contributed by atoms with Gasteiger partial charge in [0, 0.05) is 0 Å². The normalized spacial score (nSPS) is 21.6. The fourth-order valence-corrected chi connectivity index (χ4v) is 0.610. The molecule has 0 amide bonds. The van der Waals surface area contributed by atoms with Gasteiger partial charge in [0.1, 0.15) is 0 Å². The van der Waals surface area contributed by atoms with Crippen LogP contribution in [0.25, 0.3) is 0 Å². The molecule has 1 rings (SSSR count). The monoisotopic (exact) mass is 162 g/mol. The van der Waals surface area contributed by atoms with Gasteiger partial charge in [-0.05, 0) is 13.8 Å². The lowest BCUT2D eigenvalue weighted by molar-refractivity contribution is -0.433. The molecule has 0 unspecified atom stereocenters. The Balaban J connectivity index is 2.67. The zero-order chi connectivity index (χ0) is 8.70. The van der Waals surface area contributed by atoms with Gasteiger partial charge < -0.3 is 19.7 Å². The molecule has 2 N–H and O–H groups in total. The Morgan fingerprint density at radius 2 is 2.00 bits per heavy atom. The molecule has 0 bridgehead atoms. The van der Waals surface area contributed by atoms with Crippen molar-refractivity contribution in [3.05, 3.63) is 0 Å². The van der Waals surface area contributed by atoms with E-state index in [0.717, 1.165) is 0 Å². The molecule has 1 aliphatic heterocycles. The van der Waals surface area contributed by atoms with Gasteiger partial charge in [0.2, 0.25) is 0 Å². The molecule has 0 saturated carbocycles. The summed E-state index contributed by atoms with van der Waals surface area (Å²) in [4.78, 5) is 10.2. The largest absolute Gasteiger partial charge is 0.518 e. The highest BCUT2D eigenvalue weighted by molar-refractivity contribution is 5.65. The van der Waals surface area contributed by atoms with Gasteiger partial charge in [-0.15, -0.1) is 0 Å². The molecule has 0 aromatic carbocycles. The molecule has 5 heteroatoms. The summed E-state index contributed by atoms with van der Waals surface area (Å²) in [6, 6.07) is 0. The lowest BCUT2D eigenvalue weighted by atomic mass is 9.90. The fraction of sp³-hybridized carbons (Fsp3) is 0.833. The molecule has 5 nitrogen and oxygen atoms in total. The van der Waals surface area contributed by atoms with Crippen LogP contribution in [0.2, 0.25) is 0 Å². The van der Waals surface area contributed by atoms with Gasteiger partial charge >= 0.3 is 12.1 Å². The summed E-state index contributed by atoms with van der Waals surface area (Å²) in [6.07, 6.45) is -0.922. The number of hydrogen-bond donors (Lipinski definition) is 2. The maximum Gasteiger partial charge on any atom is 0.518 e. The molecule has 0 aliphatic carbocycles. The third-order valence-electron chi connectivity index (χ3n) is 1.69. The summed E-state index contributed by atoms with van der Waals surface area (Å²) in [7, 11) is 0. The van der Waals surface area contributed by atoms with Crippen LogP contribution in [-0.2, 0) is 9.47 Å². The minimum Gasteiger partial charge on any atom is -0.395 e. The highest BCUT2D eigenvalue weighted by atomic mass is 17.0. The zero-order valence-corrected chi connectivity index (χ0v) is 6.33. The van der Waals surface area contributed by atoms with Crippen molar-refractivity contribution in [2.24, 2.45) is 5.41 Å². The topological polar surface area (TPSA) is 76.0 Å². The molecule has 1 heterocycles. The third kappa shape index (κ3) is 1.06. The van der Waals surface area contributed by atoms with E-state index in [1.807, 2.05) is 0 Å². The molecule has 0 aromatic rings. The standard InChI is InChI=1S/C6H10O5/c1-5(2,3-7)6(9)10-4(8)11-6/h7,9H,3H2,1-2H3. The number of hydrogen-bond acceptors (Lipinski definition) is 5. The first-order valence-electron chi connectivity index (χ1n) is 3.16. The van der Waals surface area contributed by atoms with E-state index in [0.29, 0.717) is 0 Å². The summed E-state index contributed by atoms with van der Waals surface area (Å²) in [5, 5.41) is 18.0. The van der Waals surface area contributed by atoms with Crippen molar-refractivity contribution >= 4 is 6.16 Å². The second-order valence-electron chi connectivity index (χ2n) is 3.08. The van der Waals surface area contributed by atoms with E-state index in [4.69, 9.17) is 5.11 Å². The molecule has 0 radical (unpaired) electrons. The van der Waals surface area contributed by atoms with Crippen LogP contribution in [0.15, 0.2) is 0 Å². The second-order valence-corrected chi connectivity index (χ2v) is 3.08. The van der Waals surface area contributed by atoms with Crippen LogP contribution in [0, 0.1) is 5.41 Å². The van der Waals surface area contributed by atoms with Gasteiger partial charge in [-0.1, -0.05) is 0 Å². The summed E-state index contributed by atoms with van der Waals surface area (Å²) in [5.41, 5.74) is -0.999. The fourth-order valence-electron chi connectivity index (χ4n) is 0.610. The Hall–Kier alpha value is -0.810. The maximum absolute atomic E-state index is 10.2. The predicted octanol–water partition coefficient (Wildman–Crippen LogP) is -0.182. The molecule has 11 heavy (non-hydrogen) atoms. The third-order valence-corrected chi connectivity index (χ3v) is 1.69. The zero-order valence-electron chi connectivity index (χ0n) is 6.33. The number of ether oxygens (including phenoxy) is 2. The van der Waals surface area contributed by atoms with E-state index in [1.165, 1.54) is 13.8 Å². The Bertz CT molecular complexity index is 177. The van der Waals surface area contributed by atoms with E-state index < -0.39 is 17.5 Å². The van der Waals surface area contributed by atoms with E-state index in [1.54, 1.807) is 0 Å². The van der Waals surface area contributed by atoms with Gasteiger partial charge in [0.05, 0.1) is 12.0 Å². The highest BCUT2D eigenvalue weighted by Gasteiger charge is 2.59. The lowest BCUT2D eigenvalue weighted by Crippen LogP contribution is -2.60. The maximum atomic E-state index is 10.2. The molecule has 64 valence electrons. The Labute approximate surface area is 63.5 Å². The average molecular weight is 162 g/mol. The number of carbonyl (C=O) groups is 1. The first kappa shape index (κ1) is 8.29. The smallest absolute Gasteiger partial charge is 0.395 e. The van der Waals surface area contributed by atoms with E-state index in [-0.39, 0.29) is 6.61 Å². The van der Waals surface area contributed by atoms with Crippen LogP contribution in [-0.4, -0.2) is 28.9 Å². The Kier molecular flexibility index (Phi) is 1.57. The van der Waals surface area contributed by atoms with Crippen molar-refractivity contribution in [1.29, 1.82) is 0 Å².